The van der Waals surface area contributed by atoms with Gasteiger partial charge in [-0.25, -0.2) is 0 Å². The molecule has 0 saturated carbocycles. The Hall–Kier alpha value is -1.55. The predicted octanol–water partition coefficient (Wildman–Crippen LogP) is 1.34. The van der Waals surface area contributed by atoms with E-state index in [-0.39, 0.29) is 5.91 Å². The van der Waals surface area contributed by atoms with Crippen LogP contribution < -0.4 is 10.6 Å². The van der Waals surface area contributed by atoms with Gasteiger partial charge in [-0.15, -0.1) is 0 Å². The van der Waals surface area contributed by atoms with Crippen molar-refractivity contribution in [3.05, 3.63) is 34.3 Å². The second-order valence-corrected chi connectivity index (χ2v) is 4.00. The number of halogens is 1. The summed E-state index contributed by atoms with van der Waals surface area (Å²) in [6, 6.07) is 5.33. The summed E-state index contributed by atoms with van der Waals surface area (Å²) >= 11 is 5.99. The molecular formula is C11H12ClN3O. The lowest BCUT2D eigenvalue weighted by atomic mass is 10.1. The first-order chi connectivity index (χ1) is 7.66. The molecule has 0 spiro atoms. The summed E-state index contributed by atoms with van der Waals surface area (Å²) in [4.78, 5) is 15.9. The summed E-state index contributed by atoms with van der Waals surface area (Å²) in [6.45, 7) is 3.38. The number of amides is 1. The minimum absolute atomic E-state index is 0.238. The topological polar surface area (TPSA) is 53.5 Å². The average molecular weight is 238 g/mol. The van der Waals surface area contributed by atoms with Gasteiger partial charge in [0.2, 0.25) is 0 Å². The molecule has 0 aromatic heterocycles. The van der Waals surface area contributed by atoms with Gasteiger partial charge in [0, 0.05) is 6.54 Å². The molecule has 1 amide bonds. The molecule has 0 radical (unpaired) electrons. The Morgan fingerprint density at radius 3 is 3.00 bits per heavy atom. The Bertz CT molecular complexity index is 457. The maximum Gasteiger partial charge on any atom is 0.259 e. The first-order valence-corrected chi connectivity index (χ1v) is 5.40. The second-order valence-electron chi connectivity index (χ2n) is 3.59. The molecule has 2 rings (SSSR count). The molecule has 5 heteroatoms. The van der Waals surface area contributed by atoms with Crippen molar-refractivity contribution in [3.63, 3.8) is 0 Å². The van der Waals surface area contributed by atoms with E-state index in [1.807, 2.05) is 13.0 Å². The standard InChI is InChI=1S/C11H12ClN3O/c1-7-2-3-8(9(12)6-7)10(16)15-11-13-4-5-14-11/h2-3,6H,4-5H2,1H3,(H2,13,14,15,16). The van der Waals surface area contributed by atoms with Crippen LogP contribution in [0.4, 0.5) is 0 Å². The molecule has 1 aromatic rings. The Morgan fingerprint density at radius 2 is 2.38 bits per heavy atom. The van der Waals surface area contributed by atoms with Crippen LogP contribution in [0.15, 0.2) is 23.2 Å². The molecule has 4 nitrogen and oxygen atoms in total. The number of benzene rings is 1. The van der Waals surface area contributed by atoms with Crippen molar-refractivity contribution >= 4 is 23.5 Å². The lowest BCUT2D eigenvalue weighted by molar-refractivity contribution is 0.0976. The van der Waals surface area contributed by atoms with Crippen molar-refractivity contribution in [1.82, 2.24) is 10.6 Å². The van der Waals surface area contributed by atoms with Crippen molar-refractivity contribution in [1.29, 1.82) is 0 Å². The first-order valence-electron chi connectivity index (χ1n) is 5.02. The highest BCUT2D eigenvalue weighted by Crippen LogP contribution is 2.17. The smallest absolute Gasteiger partial charge is 0.259 e. The number of aryl methyl sites for hydroxylation is 1. The van der Waals surface area contributed by atoms with Gasteiger partial charge >= 0.3 is 0 Å². The van der Waals surface area contributed by atoms with Crippen molar-refractivity contribution in [2.24, 2.45) is 4.99 Å². The van der Waals surface area contributed by atoms with Crippen molar-refractivity contribution in [3.8, 4) is 0 Å². The molecule has 1 aliphatic rings. The van der Waals surface area contributed by atoms with E-state index < -0.39 is 0 Å². The number of guanidine groups is 1. The zero-order chi connectivity index (χ0) is 11.5. The molecule has 1 aliphatic heterocycles. The predicted molar refractivity (Wildman–Crippen MR) is 64.0 cm³/mol. The fraction of sp³-hybridized carbons (Fsp3) is 0.273. The lowest BCUT2D eigenvalue weighted by Gasteiger charge is -2.07. The monoisotopic (exact) mass is 237 g/mol. The van der Waals surface area contributed by atoms with Crippen molar-refractivity contribution < 1.29 is 4.79 Å². The van der Waals surface area contributed by atoms with Crippen LogP contribution in [0.3, 0.4) is 0 Å². The van der Waals surface area contributed by atoms with E-state index in [2.05, 4.69) is 15.6 Å². The Balaban J connectivity index is 2.14. The summed E-state index contributed by atoms with van der Waals surface area (Å²) < 4.78 is 0. The first kappa shape index (κ1) is 11.0. The van der Waals surface area contributed by atoms with Gasteiger partial charge in [0.05, 0.1) is 17.1 Å². The zero-order valence-electron chi connectivity index (χ0n) is 8.88. The molecule has 1 heterocycles. The molecule has 0 fully saturated rings. The average Bonchev–Trinajstić information content (AvgIpc) is 2.70. The van der Waals surface area contributed by atoms with E-state index in [1.165, 1.54) is 0 Å². The second kappa shape index (κ2) is 4.53. The number of hydrogen-bond acceptors (Lipinski definition) is 3. The van der Waals surface area contributed by atoms with Crippen molar-refractivity contribution in [2.45, 2.75) is 6.92 Å². The van der Waals surface area contributed by atoms with Crippen LogP contribution in [0.5, 0.6) is 0 Å². The molecule has 16 heavy (non-hydrogen) atoms. The molecule has 0 saturated heterocycles. The minimum atomic E-state index is -0.238. The molecule has 84 valence electrons. The molecule has 0 aliphatic carbocycles. The summed E-state index contributed by atoms with van der Waals surface area (Å²) in [5.41, 5.74) is 1.49. The van der Waals surface area contributed by atoms with Gasteiger partial charge < -0.3 is 5.32 Å². The summed E-state index contributed by atoms with van der Waals surface area (Å²) in [5.74, 6) is 0.278. The van der Waals surface area contributed by atoms with Crippen LogP contribution in [-0.4, -0.2) is 25.0 Å². The molecular weight excluding hydrogens is 226 g/mol. The summed E-state index contributed by atoms with van der Waals surface area (Å²) in [7, 11) is 0. The third-order valence-electron chi connectivity index (χ3n) is 2.28. The molecule has 0 atom stereocenters. The Morgan fingerprint density at radius 1 is 1.56 bits per heavy atom. The zero-order valence-corrected chi connectivity index (χ0v) is 9.64. The van der Waals surface area contributed by atoms with Crippen LogP contribution in [-0.2, 0) is 0 Å². The van der Waals surface area contributed by atoms with Crippen LogP contribution >= 0.6 is 11.6 Å². The summed E-state index contributed by atoms with van der Waals surface area (Å²) in [6.07, 6.45) is 0. The van der Waals surface area contributed by atoms with Crippen LogP contribution in [0.1, 0.15) is 15.9 Å². The number of nitrogens with zero attached hydrogens (tertiary/aromatic N) is 1. The largest absolute Gasteiger partial charge is 0.354 e. The number of rotatable bonds is 1. The van der Waals surface area contributed by atoms with E-state index in [0.717, 1.165) is 12.1 Å². The molecule has 0 unspecified atom stereocenters. The maximum absolute atomic E-state index is 11.8. The highest BCUT2D eigenvalue weighted by Gasteiger charge is 2.13. The molecule has 0 bridgehead atoms. The normalized spacial score (nSPS) is 14.2. The van der Waals surface area contributed by atoms with Gasteiger partial charge in [-0.2, -0.15) is 0 Å². The fourth-order valence-electron chi connectivity index (χ4n) is 1.46. The van der Waals surface area contributed by atoms with Crippen molar-refractivity contribution in [2.75, 3.05) is 13.1 Å². The van der Waals surface area contributed by atoms with Crippen LogP contribution in [0.2, 0.25) is 5.02 Å². The highest BCUT2D eigenvalue weighted by molar-refractivity contribution is 6.34. The minimum Gasteiger partial charge on any atom is -0.354 e. The van der Waals surface area contributed by atoms with Gasteiger partial charge in [-0.05, 0) is 24.6 Å². The van der Waals surface area contributed by atoms with Gasteiger partial charge in [0.15, 0.2) is 5.96 Å². The van der Waals surface area contributed by atoms with E-state index in [9.17, 15) is 4.79 Å². The number of carbonyl (C=O) groups excluding carboxylic acids is 1. The van der Waals surface area contributed by atoms with E-state index in [0.29, 0.717) is 23.1 Å². The van der Waals surface area contributed by atoms with Gasteiger partial charge in [-0.3, -0.25) is 15.1 Å². The fourth-order valence-corrected chi connectivity index (χ4v) is 1.78. The highest BCUT2D eigenvalue weighted by atomic mass is 35.5. The Labute approximate surface area is 98.7 Å². The van der Waals surface area contributed by atoms with E-state index in [1.54, 1.807) is 12.1 Å². The maximum atomic E-state index is 11.8. The van der Waals surface area contributed by atoms with Crippen LogP contribution in [0.25, 0.3) is 0 Å². The quantitative estimate of drug-likeness (QED) is 0.775. The van der Waals surface area contributed by atoms with Gasteiger partial charge in [-0.1, -0.05) is 17.7 Å². The molecule has 1 aromatic carbocycles. The SMILES string of the molecule is Cc1ccc(C(=O)NC2=NCCN2)c(Cl)c1. The number of hydrogen-bond donors (Lipinski definition) is 2. The number of carbonyl (C=O) groups is 1. The van der Waals surface area contributed by atoms with E-state index in [4.69, 9.17) is 11.6 Å². The third-order valence-corrected chi connectivity index (χ3v) is 2.59. The molecule has 2 N–H and O–H groups in total. The number of nitrogens with one attached hydrogen (secondary N) is 2. The summed E-state index contributed by atoms with van der Waals surface area (Å²) in [5, 5.41) is 6.09. The van der Waals surface area contributed by atoms with Gasteiger partial charge in [0.25, 0.3) is 5.91 Å². The Kier molecular flexibility index (Phi) is 3.10. The van der Waals surface area contributed by atoms with E-state index >= 15 is 0 Å². The lowest BCUT2D eigenvalue weighted by Crippen LogP contribution is -2.38. The van der Waals surface area contributed by atoms with Gasteiger partial charge in [0.1, 0.15) is 0 Å². The number of aliphatic imine (C=N–C) groups is 1. The third kappa shape index (κ3) is 2.33. The van der Waals surface area contributed by atoms with Crippen LogP contribution in [0, 0.1) is 6.92 Å².